The number of carbonyl (C=O) groups is 1. The van der Waals surface area contributed by atoms with Crippen LogP contribution < -0.4 is 10.1 Å². The van der Waals surface area contributed by atoms with Crippen LogP contribution in [0.15, 0.2) is 53.1 Å². The van der Waals surface area contributed by atoms with Crippen molar-refractivity contribution in [3.8, 4) is 17.1 Å². The lowest BCUT2D eigenvalue weighted by atomic mass is 10.2. The molecule has 4 aromatic rings. The van der Waals surface area contributed by atoms with Crippen molar-refractivity contribution >= 4 is 32.6 Å². The lowest BCUT2D eigenvalue weighted by Gasteiger charge is -2.00. The molecule has 0 saturated carbocycles. The fraction of sp³-hybridized carbons (Fsp3) is 0.200. The Labute approximate surface area is 165 Å². The highest BCUT2D eigenvalue weighted by Gasteiger charge is 2.12. The number of benzene rings is 2. The lowest BCUT2D eigenvalue weighted by molar-refractivity contribution is -0.116. The monoisotopic (exact) mass is 394 g/mol. The largest absolute Gasteiger partial charge is 0.494 e. The molecule has 0 saturated heterocycles. The molecule has 8 heteroatoms. The van der Waals surface area contributed by atoms with Gasteiger partial charge in [0, 0.05) is 18.4 Å². The Morgan fingerprint density at radius 2 is 2.04 bits per heavy atom. The van der Waals surface area contributed by atoms with Gasteiger partial charge in [-0.2, -0.15) is 4.98 Å². The second-order valence-corrected chi connectivity index (χ2v) is 7.04. The van der Waals surface area contributed by atoms with E-state index in [1.165, 1.54) is 11.3 Å². The Bertz CT molecular complexity index is 1090. The van der Waals surface area contributed by atoms with Gasteiger partial charge in [-0.3, -0.25) is 4.79 Å². The van der Waals surface area contributed by atoms with Gasteiger partial charge in [0.25, 0.3) is 0 Å². The van der Waals surface area contributed by atoms with Gasteiger partial charge in [-0.1, -0.05) is 46.8 Å². The van der Waals surface area contributed by atoms with E-state index in [1.54, 1.807) is 0 Å². The minimum atomic E-state index is -0.149. The van der Waals surface area contributed by atoms with Gasteiger partial charge in [0.1, 0.15) is 5.75 Å². The van der Waals surface area contributed by atoms with E-state index in [4.69, 9.17) is 9.26 Å². The third-order valence-corrected chi connectivity index (χ3v) is 4.92. The van der Waals surface area contributed by atoms with Gasteiger partial charge in [-0.05, 0) is 25.1 Å². The summed E-state index contributed by atoms with van der Waals surface area (Å²) in [4.78, 5) is 21.0. The number of carbonyl (C=O) groups excluding carboxylic acids is 1. The van der Waals surface area contributed by atoms with Crippen LogP contribution in [0.25, 0.3) is 21.6 Å². The molecule has 1 amide bonds. The number of ether oxygens (including phenoxy) is 1. The maximum Gasteiger partial charge on any atom is 0.227 e. The molecule has 0 aliphatic heterocycles. The zero-order valence-corrected chi connectivity index (χ0v) is 16.0. The number of nitrogens with one attached hydrogen (secondary N) is 1. The van der Waals surface area contributed by atoms with Crippen molar-refractivity contribution in [3.63, 3.8) is 0 Å². The van der Waals surface area contributed by atoms with Gasteiger partial charge in [0.15, 0.2) is 5.13 Å². The van der Waals surface area contributed by atoms with E-state index in [9.17, 15) is 4.79 Å². The molecule has 0 atom stereocenters. The molecule has 0 radical (unpaired) electrons. The molecule has 0 spiro atoms. The Balaban J connectivity index is 1.36. The SMILES string of the molecule is CCOc1ccc2nc(NC(=O)CCc3nc(-c4ccccc4)no3)sc2c1. The fourth-order valence-electron chi connectivity index (χ4n) is 2.68. The normalized spacial score (nSPS) is 10.9. The van der Waals surface area contributed by atoms with Gasteiger partial charge in [-0.15, -0.1) is 0 Å². The predicted octanol–water partition coefficient (Wildman–Crippen LogP) is 4.32. The summed E-state index contributed by atoms with van der Waals surface area (Å²) < 4.78 is 11.7. The average Bonchev–Trinajstić information content (AvgIpc) is 3.33. The van der Waals surface area contributed by atoms with Crippen molar-refractivity contribution in [2.75, 3.05) is 11.9 Å². The number of thiazole rings is 1. The second kappa shape index (κ2) is 8.18. The van der Waals surface area contributed by atoms with Crippen LogP contribution in [-0.4, -0.2) is 27.6 Å². The van der Waals surface area contributed by atoms with Crippen LogP contribution in [0.5, 0.6) is 5.75 Å². The molecule has 2 heterocycles. The summed E-state index contributed by atoms with van der Waals surface area (Å²) in [6.45, 7) is 2.55. The number of hydrogen-bond donors (Lipinski definition) is 1. The summed E-state index contributed by atoms with van der Waals surface area (Å²) in [7, 11) is 0. The molecule has 2 aromatic carbocycles. The van der Waals surface area contributed by atoms with Gasteiger partial charge in [-0.25, -0.2) is 4.98 Å². The zero-order valence-electron chi connectivity index (χ0n) is 15.2. The van der Waals surface area contributed by atoms with Crippen LogP contribution in [0.3, 0.4) is 0 Å². The van der Waals surface area contributed by atoms with Crippen molar-refractivity contribution in [1.29, 1.82) is 0 Å². The van der Waals surface area contributed by atoms with E-state index < -0.39 is 0 Å². The zero-order chi connectivity index (χ0) is 19.3. The first-order valence-corrected chi connectivity index (χ1v) is 9.74. The van der Waals surface area contributed by atoms with E-state index in [-0.39, 0.29) is 12.3 Å². The van der Waals surface area contributed by atoms with E-state index in [0.29, 0.717) is 29.9 Å². The molecular weight excluding hydrogens is 376 g/mol. The van der Waals surface area contributed by atoms with Crippen molar-refractivity contribution < 1.29 is 14.1 Å². The lowest BCUT2D eigenvalue weighted by Crippen LogP contribution is -2.12. The summed E-state index contributed by atoms with van der Waals surface area (Å²) in [6.07, 6.45) is 0.599. The second-order valence-electron chi connectivity index (χ2n) is 6.01. The van der Waals surface area contributed by atoms with Crippen LogP contribution in [0.1, 0.15) is 19.2 Å². The molecule has 28 heavy (non-hydrogen) atoms. The van der Waals surface area contributed by atoms with Crippen LogP contribution >= 0.6 is 11.3 Å². The Morgan fingerprint density at radius 1 is 1.18 bits per heavy atom. The summed E-state index contributed by atoms with van der Waals surface area (Å²) >= 11 is 1.41. The molecular formula is C20H18N4O3S. The topological polar surface area (TPSA) is 90.1 Å². The molecule has 7 nitrogen and oxygen atoms in total. The summed E-state index contributed by atoms with van der Waals surface area (Å²) in [5, 5.41) is 7.35. The number of rotatable bonds is 7. The highest BCUT2D eigenvalue weighted by Crippen LogP contribution is 2.29. The highest BCUT2D eigenvalue weighted by molar-refractivity contribution is 7.22. The number of aryl methyl sites for hydroxylation is 1. The van der Waals surface area contributed by atoms with Crippen molar-refractivity contribution in [2.45, 2.75) is 19.8 Å². The Hall–Kier alpha value is -3.26. The quantitative estimate of drug-likeness (QED) is 0.502. The van der Waals surface area contributed by atoms with Crippen LogP contribution in [0, 0.1) is 0 Å². The van der Waals surface area contributed by atoms with Crippen molar-refractivity contribution in [1.82, 2.24) is 15.1 Å². The molecule has 0 fully saturated rings. The van der Waals surface area contributed by atoms with Crippen molar-refractivity contribution in [3.05, 3.63) is 54.4 Å². The van der Waals surface area contributed by atoms with E-state index in [1.807, 2.05) is 55.5 Å². The number of fused-ring (bicyclic) bond motifs is 1. The van der Waals surface area contributed by atoms with E-state index in [2.05, 4.69) is 20.4 Å². The van der Waals surface area contributed by atoms with E-state index in [0.717, 1.165) is 21.5 Å². The number of hydrogen-bond acceptors (Lipinski definition) is 7. The number of aromatic nitrogens is 3. The Kier molecular flexibility index (Phi) is 5.29. The molecule has 0 aliphatic rings. The third kappa shape index (κ3) is 4.17. The van der Waals surface area contributed by atoms with E-state index >= 15 is 0 Å². The smallest absolute Gasteiger partial charge is 0.227 e. The highest BCUT2D eigenvalue weighted by atomic mass is 32.1. The minimum Gasteiger partial charge on any atom is -0.494 e. The average molecular weight is 394 g/mol. The molecule has 1 N–H and O–H groups in total. The first-order valence-electron chi connectivity index (χ1n) is 8.92. The molecule has 4 rings (SSSR count). The van der Waals surface area contributed by atoms with Gasteiger partial charge < -0.3 is 14.6 Å². The minimum absolute atomic E-state index is 0.149. The molecule has 0 bridgehead atoms. The molecule has 142 valence electrons. The maximum atomic E-state index is 12.2. The molecule has 0 aliphatic carbocycles. The summed E-state index contributed by atoms with van der Waals surface area (Å²) in [6, 6.07) is 15.2. The Morgan fingerprint density at radius 3 is 2.86 bits per heavy atom. The number of amides is 1. The summed E-state index contributed by atoms with van der Waals surface area (Å²) in [5.41, 5.74) is 1.70. The predicted molar refractivity (Wildman–Crippen MR) is 107 cm³/mol. The number of anilines is 1. The van der Waals surface area contributed by atoms with Crippen molar-refractivity contribution in [2.24, 2.45) is 0 Å². The van der Waals surface area contributed by atoms with Gasteiger partial charge >= 0.3 is 0 Å². The maximum absolute atomic E-state index is 12.2. The molecule has 0 unspecified atom stereocenters. The summed E-state index contributed by atoms with van der Waals surface area (Å²) in [5.74, 6) is 1.60. The third-order valence-electron chi connectivity index (χ3n) is 3.98. The molecule has 2 aromatic heterocycles. The van der Waals surface area contributed by atoms with Gasteiger partial charge in [0.05, 0.1) is 16.8 Å². The number of nitrogens with zero attached hydrogens (tertiary/aromatic N) is 3. The first-order chi connectivity index (χ1) is 13.7. The van der Waals surface area contributed by atoms with Crippen LogP contribution in [0.4, 0.5) is 5.13 Å². The van der Waals surface area contributed by atoms with Crippen LogP contribution in [0.2, 0.25) is 0 Å². The standard InChI is InChI=1S/C20H18N4O3S/c1-2-26-14-8-9-15-16(12-14)28-20(21-15)22-17(25)10-11-18-23-19(24-27-18)13-6-4-3-5-7-13/h3-9,12H,2,10-11H2,1H3,(H,21,22,25). The van der Waals surface area contributed by atoms with Gasteiger partial charge in [0.2, 0.25) is 17.6 Å². The fourth-order valence-corrected chi connectivity index (χ4v) is 3.59. The van der Waals surface area contributed by atoms with Crippen LogP contribution in [-0.2, 0) is 11.2 Å². The first kappa shape index (κ1) is 18.1.